The summed E-state index contributed by atoms with van der Waals surface area (Å²) < 4.78 is 2.04. The van der Waals surface area contributed by atoms with E-state index in [2.05, 4.69) is 25.6 Å². The molecule has 2 aromatic heterocycles. The Morgan fingerprint density at radius 1 is 1.18 bits per heavy atom. The fraction of sp³-hybridized carbons (Fsp3) is 0. The molecule has 3 aromatic rings. The summed E-state index contributed by atoms with van der Waals surface area (Å²) in [5.74, 6) is 0.671. The summed E-state index contributed by atoms with van der Waals surface area (Å²) in [5.41, 5.74) is 4.00. The van der Waals surface area contributed by atoms with Crippen molar-refractivity contribution in [2.75, 3.05) is 5.43 Å². The summed E-state index contributed by atoms with van der Waals surface area (Å²) in [6.45, 7) is 0. The second kappa shape index (κ2) is 3.95. The van der Waals surface area contributed by atoms with Gasteiger partial charge in [-0.25, -0.2) is 9.66 Å². The number of para-hydroxylation sites is 1. The van der Waals surface area contributed by atoms with Crippen LogP contribution in [0.1, 0.15) is 0 Å². The lowest BCUT2D eigenvalue weighted by Gasteiger charge is -2.07. The van der Waals surface area contributed by atoms with Crippen LogP contribution in [0.15, 0.2) is 36.9 Å². The molecule has 0 unspecified atom stereocenters. The van der Waals surface area contributed by atoms with Crippen LogP contribution < -0.4 is 5.43 Å². The number of H-pyrrole nitrogens is 1. The third kappa shape index (κ3) is 1.87. The monoisotopic (exact) mass is 244 g/mol. The van der Waals surface area contributed by atoms with Gasteiger partial charge in [-0.1, -0.05) is 12.1 Å². The van der Waals surface area contributed by atoms with E-state index in [1.165, 1.54) is 0 Å². The van der Waals surface area contributed by atoms with Crippen LogP contribution >= 0.6 is 12.2 Å². The van der Waals surface area contributed by atoms with Crippen LogP contribution in [0, 0.1) is 4.77 Å². The van der Waals surface area contributed by atoms with Gasteiger partial charge in [-0.05, 0) is 24.4 Å². The summed E-state index contributed by atoms with van der Waals surface area (Å²) in [6, 6.07) is 7.79. The number of rotatable bonds is 2. The molecule has 0 radical (unpaired) electrons. The maximum Gasteiger partial charge on any atom is 0.199 e. The molecule has 2 N–H and O–H groups in total. The third-order valence-electron chi connectivity index (χ3n) is 2.29. The molecule has 1 aromatic carbocycles. The first kappa shape index (κ1) is 9.91. The molecule has 0 saturated heterocycles. The molecule has 7 heteroatoms. The smallest absolute Gasteiger partial charge is 0.199 e. The normalized spacial score (nSPS) is 10.6. The minimum Gasteiger partial charge on any atom is -0.330 e. The zero-order valence-electron chi connectivity index (χ0n) is 8.66. The van der Waals surface area contributed by atoms with Gasteiger partial charge in [0.05, 0.1) is 5.52 Å². The quantitative estimate of drug-likeness (QED) is 0.672. The van der Waals surface area contributed by atoms with Crippen molar-refractivity contribution in [3.8, 4) is 0 Å². The molecule has 3 rings (SSSR count). The minimum absolute atomic E-state index is 0.430. The number of nitrogens with zero attached hydrogens (tertiary/aromatic N) is 4. The Hall–Kier alpha value is -2.28. The van der Waals surface area contributed by atoms with Crippen LogP contribution in [-0.4, -0.2) is 24.8 Å². The van der Waals surface area contributed by atoms with Crippen molar-refractivity contribution >= 4 is 28.9 Å². The zero-order chi connectivity index (χ0) is 11.7. The Balaban J connectivity index is 2.18. The van der Waals surface area contributed by atoms with Gasteiger partial charge in [-0.2, -0.15) is 0 Å². The van der Waals surface area contributed by atoms with E-state index < -0.39 is 0 Å². The summed E-state index contributed by atoms with van der Waals surface area (Å²) in [4.78, 5) is 7.28. The molecule has 0 atom stereocenters. The lowest BCUT2D eigenvalue weighted by Crippen LogP contribution is -2.08. The Labute approximate surface area is 101 Å². The maximum atomic E-state index is 5.08. The molecule has 0 spiro atoms. The van der Waals surface area contributed by atoms with Crippen molar-refractivity contribution < 1.29 is 0 Å². The van der Waals surface area contributed by atoms with Gasteiger partial charge in [0.15, 0.2) is 10.6 Å². The van der Waals surface area contributed by atoms with Crippen LogP contribution in [0.4, 0.5) is 5.82 Å². The van der Waals surface area contributed by atoms with Crippen molar-refractivity contribution in [1.82, 2.24) is 24.8 Å². The van der Waals surface area contributed by atoms with Crippen molar-refractivity contribution in [3.63, 3.8) is 0 Å². The molecule has 0 bridgehead atoms. The van der Waals surface area contributed by atoms with Crippen LogP contribution in [-0.2, 0) is 0 Å². The predicted octanol–water partition coefficient (Wildman–Crippen LogP) is 1.76. The van der Waals surface area contributed by atoms with Crippen LogP contribution in [0.5, 0.6) is 0 Å². The Morgan fingerprint density at radius 2 is 1.94 bits per heavy atom. The van der Waals surface area contributed by atoms with Gasteiger partial charge in [0.2, 0.25) is 0 Å². The Bertz CT molecular complexity index is 702. The van der Waals surface area contributed by atoms with Crippen LogP contribution in [0.2, 0.25) is 0 Å². The lowest BCUT2D eigenvalue weighted by atomic mass is 10.2. The number of aromatic amines is 1. The van der Waals surface area contributed by atoms with Crippen molar-refractivity contribution in [3.05, 3.63) is 41.7 Å². The highest BCUT2D eigenvalue weighted by Crippen LogP contribution is 2.18. The number of fused-ring (bicyclic) bond motifs is 1. The molecule has 0 amide bonds. The highest BCUT2D eigenvalue weighted by molar-refractivity contribution is 7.71. The number of hydrogen-bond donors (Lipinski definition) is 2. The molecular formula is C10H8N6S. The summed E-state index contributed by atoms with van der Waals surface area (Å²) >= 11 is 5.08. The van der Waals surface area contributed by atoms with Gasteiger partial charge in [-0.15, -0.1) is 10.2 Å². The van der Waals surface area contributed by atoms with Gasteiger partial charge in [0.1, 0.15) is 12.7 Å². The Kier molecular flexibility index (Phi) is 2.30. The van der Waals surface area contributed by atoms with E-state index in [0.717, 1.165) is 10.9 Å². The van der Waals surface area contributed by atoms with E-state index >= 15 is 0 Å². The second-order valence-corrected chi connectivity index (χ2v) is 3.80. The number of aromatic nitrogens is 5. The first-order valence-corrected chi connectivity index (χ1v) is 5.34. The van der Waals surface area contributed by atoms with E-state index in [1.54, 1.807) is 17.3 Å². The highest BCUT2D eigenvalue weighted by atomic mass is 32.1. The Morgan fingerprint density at radius 3 is 2.76 bits per heavy atom. The molecule has 6 nitrogen and oxygen atoms in total. The first-order chi connectivity index (χ1) is 8.33. The number of benzene rings is 1. The highest BCUT2D eigenvalue weighted by Gasteiger charge is 2.03. The maximum absolute atomic E-state index is 5.08. The summed E-state index contributed by atoms with van der Waals surface area (Å²) in [5, 5.41) is 8.37. The summed E-state index contributed by atoms with van der Waals surface area (Å²) in [7, 11) is 0. The fourth-order valence-corrected chi connectivity index (χ4v) is 1.77. The predicted molar refractivity (Wildman–Crippen MR) is 66.0 cm³/mol. The van der Waals surface area contributed by atoms with E-state index in [9.17, 15) is 0 Å². The molecule has 0 aliphatic heterocycles. The lowest BCUT2D eigenvalue weighted by molar-refractivity contribution is 0.935. The van der Waals surface area contributed by atoms with E-state index in [4.69, 9.17) is 12.2 Å². The molecule has 84 valence electrons. The van der Waals surface area contributed by atoms with Gasteiger partial charge in [0.25, 0.3) is 0 Å². The average molecular weight is 244 g/mol. The van der Waals surface area contributed by atoms with Gasteiger partial charge >= 0.3 is 0 Å². The van der Waals surface area contributed by atoms with Crippen LogP contribution in [0.3, 0.4) is 0 Å². The van der Waals surface area contributed by atoms with Gasteiger partial charge in [-0.3, -0.25) is 5.43 Å². The fourth-order valence-electron chi connectivity index (χ4n) is 1.57. The molecule has 0 aliphatic rings. The number of nitrogens with one attached hydrogen (secondary N) is 2. The van der Waals surface area contributed by atoms with Crippen molar-refractivity contribution in [2.24, 2.45) is 0 Å². The molecule has 17 heavy (non-hydrogen) atoms. The standard InChI is InChI=1S/C10H8N6S/c17-10-13-8-4-2-1-3-7(8)9(14-10)15-16-5-11-12-6-16/h1-6H,(H2,13,14,15,17). The molecule has 0 aliphatic carbocycles. The van der Waals surface area contributed by atoms with E-state index in [1.807, 2.05) is 24.3 Å². The zero-order valence-corrected chi connectivity index (χ0v) is 9.48. The first-order valence-electron chi connectivity index (χ1n) is 4.94. The van der Waals surface area contributed by atoms with E-state index in [-0.39, 0.29) is 0 Å². The summed E-state index contributed by atoms with van der Waals surface area (Å²) in [6.07, 6.45) is 3.10. The van der Waals surface area contributed by atoms with Crippen molar-refractivity contribution in [1.29, 1.82) is 0 Å². The number of anilines is 1. The molecule has 2 heterocycles. The SMILES string of the molecule is S=c1nc(Nn2cnnc2)c2ccccc2[nH]1. The minimum atomic E-state index is 0.430. The molecular weight excluding hydrogens is 236 g/mol. The van der Waals surface area contributed by atoms with E-state index in [0.29, 0.717) is 10.6 Å². The van der Waals surface area contributed by atoms with Crippen LogP contribution in [0.25, 0.3) is 10.9 Å². The third-order valence-corrected chi connectivity index (χ3v) is 2.48. The topological polar surface area (TPSA) is 71.4 Å². The average Bonchev–Trinajstić information content (AvgIpc) is 2.81. The largest absolute Gasteiger partial charge is 0.330 e. The van der Waals surface area contributed by atoms with Gasteiger partial charge in [0, 0.05) is 5.39 Å². The molecule has 0 saturated carbocycles. The number of hydrogen-bond acceptors (Lipinski definition) is 5. The second-order valence-electron chi connectivity index (χ2n) is 3.42. The molecule has 0 fully saturated rings. The van der Waals surface area contributed by atoms with Crippen molar-refractivity contribution in [2.45, 2.75) is 0 Å². The van der Waals surface area contributed by atoms with Gasteiger partial charge < -0.3 is 4.98 Å².